The lowest BCUT2D eigenvalue weighted by Gasteiger charge is -2.14. The Morgan fingerprint density at radius 3 is 2.54 bits per heavy atom. The van der Waals surface area contributed by atoms with Gasteiger partial charge in [0.2, 0.25) is 5.91 Å². The van der Waals surface area contributed by atoms with Crippen LogP contribution in [-0.2, 0) is 9.59 Å². The van der Waals surface area contributed by atoms with E-state index in [1.165, 1.54) is 16.7 Å². The molecular weight excluding hydrogens is 456 g/mol. The molecule has 1 heterocycles. The molecule has 0 spiro atoms. The van der Waals surface area contributed by atoms with E-state index >= 15 is 0 Å². The van der Waals surface area contributed by atoms with Crippen LogP contribution in [0.25, 0.3) is 6.08 Å². The molecule has 1 N–H and O–H groups in total. The van der Waals surface area contributed by atoms with Gasteiger partial charge in [-0.1, -0.05) is 76.3 Å². The van der Waals surface area contributed by atoms with Gasteiger partial charge in [0.25, 0.3) is 5.91 Å². The number of benzene rings is 2. The van der Waals surface area contributed by atoms with E-state index in [0.717, 1.165) is 15.6 Å². The van der Waals surface area contributed by atoms with Crippen LogP contribution in [0.15, 0.2) is 75.6 Å². The van der Waals surface area contributed by atoms with E-state index in [1.54, 1.807) is 18.2 Å². The number of hydrogen-bond donors (Lipinski definition) is 1. The highest BCUT2D eigenvalue weighted by Crippen LogP contribution is 2.32. The number of thioether (sulfide) groups is 1. The molecule has 1 aliphatic heterocycles. The van der Waals surface area contributed by atoms with Gasteiger partial charge >= 0.3 is 0 Å². The number of nitrogens with one attached hydrogen (secondary N) is 1. The molecule has 1 saturated heterocycles. The second-order valence-corrected chi connectivity index (χ2v) is 8.71. The third-order valence-electron chi connectivity index (χ3n) is 3.86. The van der Waals surface area contributed by atoms with Crippen molar-refractivity contribution in [2.75, 3.05) is 11.9 Å². The zero-order valence-electron chi connectivity index (χ0n) is 15.0. The lowest BCUT2D eigenvalue weighted by atomic mass is 10.1. The number of allylic oxidation sites excluding steroid dienone is 2. The van der Waals surface area contributed by atoms with Crippen molar-refractivity contribution in [3.05, 3.63) is 81.2 Å². The third kappa shape index (κ3) is 5.41. The maximum Gasteiger partial charge on any atom is 0.266 e. The van der Waals surface area contributed by atoms with E-state index < -0.39 is 0 Å². The molecule has 0 aliphatic carbocycles. The summed E-state index contributed by atoms with van der Waals surface area (Å²) in [6.07, 6.45) is 3.80. The molecule has 2 aromatic rings. The van der Waals surface area contributed by atoms with E-state index in [9.17, 15) is 9.59 Å². The first-order valence-corrected chi connectivity index (χ1v) is 10.5. The molecule has 142 valence electrons. The lowest BCUT2D eigenvalue weighted by molar-refractivity contribution is -0.126. The molecule has 3 rings (SSSR count). The summed E-state index contributed by atoms with van der Waals surface area (Å²) >= 11 is 9.86. The van der Waals surface area contributed by atoms with Crippen molar-refractivity contribution in [1.82, 2.24) is 4.90 Å². The van der Waals surface area contributed by atoms with Gasteiger partial charge in [0.1, 0.15) is 10.9 Å². The second kappa shape index (κ2) is 9.32. The fourth-order valence-corrected chi connectivity index (χ4v) is 4.14. The highest BCUT2D eigenvalue weighted by Gasteiger charge is 2.33. The molecule has 1 aliphatic rings. The van der Waals surface area contributed by atoms with Crippen molar-refractivity contribution in [3.8, 4) is 0 Å². The Balaban J connectivity index is 1.66. The predicted octanol–water partition coefficient (Wildman–Crippen LogP) is 5.24. The number of anilines is 1. The second-order valence-electron chi connectivity index (χ2n) is 6.12. The van der Waals surface area contributed by atoms with Gasteiger partial charge in [-0.2, -0.15) is 0 Å². The van der Waals surface area contributed by atoms with Crippen LogP contribution in [0.3, 0.4) is 0 Å². The summed E-state index contributed by atoms with van der Waals surface area (Å²) in [4.78, 5) is 26.8. The Hall–Kier alpha value is -2.22. The zero-order chi connectivity index (χ0) is 20.1. The molecule has 0 radical (unpaired) electrons. The number of rotatable bonds is 5. The molecule has 0 atom stereocenters. The minimum Gasteiger partial charge on any atom is -0.325 e. The average Bonchev–Trinajstić information content (AvgIpc) is 2.91. The number of carbonyl (C=O) groups excluding carboxylic acids is 2. The van der Waals surface area contributed by atoms with Crippen molar-refractivity contribution in [1.29, 1.82) is 0 Å². The molecule has 28 heavy (non-hydrogen) atoms. The van der Waals surface area contributed by atoms with Crippen molar-refractivity contribution in [2.45, 2.75) is 6.92 Å². The van der Waals surface area contributed by atoms with Crippen LogP contribution in [0.4, 0.5) is 5.69 Å². The Bertz CT molecular complexity index is 970. The van der Waals surface area contributed by atoms with E-state index in [2.05, 4.69) is 21.2 Å². The highest BCUT2D eigenvalue weighted by atomic mass is 79.9. The van der Waals surface area contributed by atoms with Crippen LogP contribution in [0.2, 0.25) is 0 Å². The van der Waals surface area contributed by atoms with Crippen LogP contribution in [0, 0.1) is 0 Å². The number of thiocarbonyl (C=S) groups is 1. The molecule has 0 bridgehead atoms. The molecule has 1 fully saturated rings. The zero-order valence-corrected chi connectivity index (χ0v) is 18.2. The molecule has 4 nitrogen and oxygen atoms in total. The van der Waals surface area contributed by atoms with Gasteiger partial charge in [0.15, 0.2) is 0 Å². The first-order chi connectivity index (χ1) is 13.4. The SMILES string of the molecule is CC(/C=C1\SC(=S)N(CC(=O)Nc2ccc(Br)cc2)C1=O)=C\c1ccccc1. The Labute approximate surface area is 181 Å². The fourth-order valence-electron chi connectivity index (χ4n) is 2.57. The van der Waals surface area contributed by atoms with Gasteiger partial charge in [-0.25, -0.2) is 0 Å². The largest absolute Gasteiger partial charge is 0.325 e. The van der Waals surface area contributed by atoms with E-state index in [4.69, 9.17) is 12.2 Å². The smallest absolute Gasteiger partial charge is 0.266 e. The summed E-state index contributed by atoms with van der Waals surface area (Å²) in [6, 6.07) is 17.1. The first kappa shape index (κ1) is 20.5. The summed E-state index contributed by atoms with van der Waals surface area (Å²) in [5.74, 6) is -0.543. The summed E-state index contributed by atoms with van der Waals surface area (Å²) in [5.41, 5.74) is 2.66. The predicted molar refractivity (Wildman–Crippen MR) is 123 cm³/mol. The molecule has 0 aromatic heterocycles. The standard InChI is InChI=1S/C21H17BrN2O2S2/c1-14(11-15-5-3-2-4-6-15)12-18-20(26)24(21(27)28-18)13-19(25)23-17-9-7-16(22)8-10-17/h2-12H,13H2,1H3,(H,23,25)/b14-11+,18-12-. The lowest BCUT2D eigenvalue weighted by Crippen LogP contribution is -2.36. The van der Waals surface area contributed by atoms with Crippen LogP contribution in [0.1, 0.15) is 12.5 Å². The van der Waals surface area contributed by atoms with Crippen LogP contribution < -0.4 is 5.32 Å². The number of halogens is 1. The van der Waals surface area contributed by atoms with Gasteiger partial charge in [-0.15, -0.1) is 0 Å². The minimum atomic E-state index is -0.295. The fraction of sp³-hybridized carbons (Fsp3) is 0.0952. The molecule has 2 amide bonds. The maximum atomic E-state index is 12.7. The van der Waals surface area contributed by atoms with Crippen LogP contribution >= 0.6 is 39.9 Å². The van der Waals surface area contributed by atoms with Crippen molar-refractivity contribution >= 4 is 67.8 Å². The Kier molecular flexibility index (Phi) is 6.83. The summed E-state index contributed by atoms with van der Waals surface area (Å²) < 4.78 is 1.31. The molecule has 7 heteroatoms. The molecule has 0 unspecified atom stereocenters. The molecule has 0 saturated carbocycles. The van der Waals surface area contributed by atoms with Gasteiger partial charge in [0, 0.05) is 10.2 Å². The average molecular weight is 473 g/mol. The normalized spacial score (nSPS) is 16.0. The van der Waals surface area contributed by atoms with E-state index in [1.807, 2.05) is 55.5 Å². The van der Waals surface area contributed by atoms with Crippen LogP contribution in [-0.4, -0.2) is 27.6 Å². The molecule has 2 aromatic carbocycles. The van der Waals surface area contributed by atoms with Crippen molar-refractivity contribution < 1.29 is 9.59 Å². The van der Waals surface area contributed by atoms with Crippen molar-refractivity contribution in [3.63, 3.8) is 0 Å². The number of amides is 2. The summed E-state index contributed by atoms with van der Waals surface area (Å²) in [5, 5.41) is 2.77. The first-order valence-electron chi connectivity index (χ1n) is 8.46. The number of nitrogens with zero attached hydrogens (tertiary/aromatic N) is 1. The number of hydrogen-bond acceptors (Lipinski definition) is 4. The Morgan fingerprint density at radius 1 is 1.18 bits per heavy atom. The van der Waals surface area contributed by atoms with Gasteiger partial charge in [-0.3, -0.25) is 14.5 Å². The topological polar surface area (TPSA) is 49.4 Å². The number of carbonyl (C=O) groups is 2. The van der Waals surface area contributed by atoms with Gasteiger partial charge in [0.05, 0.1) is 4.91 Å². The monoisotopic (exact) mass is 472 g/mol. The summed E-state index contributed by atoms with van der Waals surface area (Å²) in [7, 11) is 0. The van der Waals surface area contributed by atoms with E-state index in [-0.39, 0.29) is 18.4 Å². The highest BCUT2D eigenvalue weighted by molar-refractivity contribution is 9.10. The van der Waals surface area contributed by atoms with E-state index in [0.29, 0.717) is 14.9 Å². The Morgan fingerprint density at radius 2 is 1.86 bits per heavy atom. The maximum absolute atomic E-state index is 12.7. The third-order valence-corrected chi connectivity index (χ3v) is 5.76. The van der Waals surface area contributed by atoms with Crippen molar-refractivity contribution in [2.24, 2.45) is 0 Å². The quantitative estimate of drug-likeness (QED) is 0.477. The van der Waals surface area contributed by atoms with Gasteiger partial charge in [-0.05, 0) is 48.4 Å². The van der Waals surface area contributed by atoms with Gasteiger partial charge < -0.3 is 5.32 Å². The summed E-state index contributed by atoms with van der Waals surface area (Å²) in [6.45, 7) is 1.82. The van der Waals surface area contributed by atoms with Crippen LogP contribution in [0.5, 0.6) is 0 Å². The minimum absolute atomic E-state index is 0.112. The molecular formula is C21H17BrN2O2S2.